The molecule has 0 aliphatic heterocycles. The second-order valence-electron chi connectivity index (χ2n) is 4.42. The molecule has 0 radical (unpaired) electrons. The Labute approximate surface area is 131 Å². The lowest BCUT2D eigenvalue weighted by Gasteiger charge is -2.14. The minimum atomic E-state index is -0.577. The highest BCUT2D eigenvalue weighted by Gasteiger charge is 2.20. The molecule has 2 rings (SSSR count). The maximum absolute atomic E-state index is 11.1. The second-order valence-corrected chi connectivity index (χ2v) is 5.23. The van der Waals surface area contributed by atoms with Crippen LogP contribution in [0.1, 0.15) is 18.5 Å². The van der Waals surface area contributed by atoms with Gasteiger partial charge in [-0.05, 0) is 13.0 Å². The largest absolute Gasteiger partial charge is 0.450 e. The van der Waals surface area contributed by atoms with E-state index in [9.17, 15) is 10.1 Å². The lowest BCUT2D eigenvalue weighted by molar-refractivity contribution is -0.385. The summed E-state index contributed by atoms with van der Waals surface area (Å²) in [5, 5.41) is 11.4. The van der Waals surface area contributed by atoms with Crippen LogP contribution in [0.15, 0.2) is 36.4 Å². The van der Waals surface area contributed by atoms with E-state index in [1.165, 1.54) is 6.07 Å². The number of halogens is 2. The van der Waals surface area contributed by atoms with Crippen molar-refractivity contribution in [2.75, 3.05) is 0 Å². The number of rotatable bonds is 4. The summed E-state index contributed by atoms with van der Waals surface area (Å²) in [6.45, 7) is 1.80. The number of ether oxygens (including phenoxy) is 1. The molecule has 0 fully saturated rings. The Morgan fingerprint density at radius 1 is 1.19 bits per heavy atom. The van der Waals surface area contributed by atoms with Crippen LogP contribution in [0.3, 0.4) is 0 Å². The molecule has 7 heteroatoms. The Kier molecular flexibility index (Phi) is 4.67. The van der Waals surface area contributed by atoms with E-state index >= 15 is 0 Å². The van der Waals surface area contributed by atoms with Gasteiger partial charge in [0, 0.05) is 23.7 Å². The summed E-state index contributed by atoms with van der Waals surface area (Å²) in [6, 6.07) is 9.25. The quantitative estimate of drug-likeness (QED) is 0.651. The molecule has 2 aromatic carbocycles. The van der Waals surface area contributed by atoms with Crippen LogP contribution < -0.4 is 10.5 Å². The molecule has 1 atom stereocenters. The second kappa shape index (κ2) is 6.30. The van der Waals surface area contributed by atoms with Crippen LogP contribution in [0.2, 0.25) is 10.0 Å². The van der Waals surface area contributed by atoms with Gasteiger partial charge in [0.2, 0.25) is 5.75 Å². The molecule has 5 nitrogen and oxygen atoms in total. The molecule has 0 aliphatic carbocycles. The number of para-hydroxylation sites is 1. The standard InChI is InChI=1S/C14H12Cl2N2O3/c1-8(17)9-4-2-3-5-13(9)21-14-7-11(16)10(15)6-12(14)18(19)20/h2-8H,17H2,1H3/t8-/m0/s1. The predicted octanol–water partition coefficient (Wildman–Crippen LogP) is 4.71. The van der Waals surface area contributed by atoms with Gasteiger partial charge in [-0.25, -0.2) is 0 Å². The van der Waals surface area contributed by atoms with Crippen molar-refractivity contribution in [1.82, 2.24) is 0 Å². The third-order valence-corrected chi connectivity index (χ3v) is 3.55. The normalized spacial score (nSPS) is 12.0. The minimum Gasteiger partial charge on any atom is -0.450 e. The molecule has 0 aromatic heterocycles. The van der Waals surface area contributed by atoms with E-state index in [0.717, 1.165) is 11.6 Å². The van der Waals surface area contributed by atoms with Crippen LogP contribution in [0.5, 0.6) is 11.5 Å². The van der Waals surface area contributed by atoms with E-state index in [-0.39, 0.29) is 27.5 Å². The van der Waals surface area contributed by atoms with Crippen LogP contribution in [0, 0.1) is 10.1 Å². The van der Waals surface area contributed by atoms with E-state index < -0.39 is 4.92 Å². The van der Waals surface area contributed by atoms with Gasteiger partial charge >= 0.3 is 5.69 Å². The smallest absolute Gasteiger partial charge is 0.313 e. The number of nitrogens with two attached hydrogens (primary N) is 1. The monoisotopic (exact) mass is 326 g/mol. The predicted molar refractivity (Wildman–Crippen MR) is 82.2 cm³/mol. The fourth-order valence-electron chi connectivity index (χ4n) is 1.81. The zero-order chi connectivity index (χ0) is 15.6. The summed E-state index contributed by atoms with van der Waals surface area (Å²) in [5.74, 6) is 0.455. The summed E-state index contributed by atoms with van der Waals surface area (Å²) in [7, 11) is 0. The van der Waals surface area contributed by atoms with Crippen LogP contribution in [0.25, 0.3) is 0 Å². The number of benzene rings is 2. The molecule has 2 N–H and O–H groups in total. The van der Waals surface area contributed by atoms with E-state index in [2.05, 4.69) is 0 Å². The number of nitro benzene ring substituents is 1. The van der Waals surface area contributed by atoms with Crippen LogP contribution in [-0.4, -0.2) is 4.92 Å². The van der Waals surface area contributed by atoms with Gasteiger partial charge in [0.05, 0.1) is 15.0 Å². The maximum Gasteiger partial charge on any atom is 0.313 e. The first-order valence-corrected chi connectivity index (χ1v) is 6.81. The Balaban J connectivity index is 2.49. The van der Waals surface area contributed by atoms with Crippen molar-refractivity contribution in [1.29, 1.82) is 0 Å². The zero-order valence-electron chi connectivity index (χ0n) is 11.0. The molecular weight excluding hydrogens is 315 g/mol. The van der Waals surface area contributed by atoms with E-state index in [0.29, 0.717) is 5.75 Å². The first kappa shape index (κ1) is 15.6. The van der Waals surface area contributed by atoms with Gasteiger partial charge in [0.25, 0.3) is 0 Å². The fraction of sp³-hybridized carbons (Fsp3) is 0.143. The van der Waals surface area contributed by atoms with Crippen LogP contribution in [-0.2, 0) is 0 Å². The molecule has 21 heavy (non-hydrogen) atoms. The van der Waals surface area contributed by atoms with Crippen molar-refractivity contribution < 1.29 is 9.66 Å². The molecular formula is C14H12Cl2N2O3. The Hall–Kier alpha value is -1.82. The SMILES string of the molecule is C[C@H](N)c1ccccc1Oc1cc(Cl)c(Cl)cc1[N+](=O)[O-]. The highest BCUT2D eigenvalue weighted by molar-refractivity contribution is 6.42. The molecule has 0 bridgehead atoms. The summed E-state index contributed by atoms with van der Waals surface area (Å²) in [6.07, 6.45) is 0. The van der Waals surface area contributed by atoms with Crippen molar-refractivity contribution in [3.63, 3.8) is 0 Å². The summed E-state index contributed by atoms with van der Waals surface area (Å²) < 4.78 is 5.63. The van der Waals surface area contributed by atoms with Crippen LogP contribution in [0.4, 0.5) is 5.69 Å². The summed E-state index contributed by atoms with van der Waals surface area (Å²) in [4.78, 5) is 10.5. The Morgan fingerprint density at radius 3 is 2.43 bits per heavy atom. The molecule has 0 unspecified atom stereocenters. The molecule has 2 aromatic rings. The molecule has 0 aliphatic rings. The highest BCUT2D eigenvalue weighted by Crippen LogP contribution is 2.39. The first-order valence-electron chi connectivity index (χ1n) is 6.06. The van der Waals surface area contributed by atoms with Crippen molar-refractivity contribution in [3.05, 3.63) is 62.1 Å². The number of nitrogens with zero attached hydrogens (tertiary/aromatic N) is 1. The first-order chi connectivity index (χ1) is 9.90. The molecule has 110 valence electrons. The molecule has 0 heterocycles. The minimum absolute atomic E-state index is 0.0162. The van der Waals surface area contributed by atoms with E-state index in [4.69, 9.17) is 33.7 Å². The van der Waals surface area contributed by atoms with Crippen molar-refractivity contribution in [2.45, 2.75) is 13.0 Å². The van der Waals surface area contributed by atoms with Gasteiger partial charge in [-0.3, -0.25) is 10.1 Å². The van der Waals surface area contributed by atoms with Crippen LogP contribution >= 0.6 is 23.2 Å². The molecule has 0 saturated carbocycles. The fourth-order valence-corrected chi connectivity index (χ4v) is 2.12. The lowest BCUT2D eigenvalue weighted by Crippen LogP contribution is -2.06. The number of nitro groups is 1. The highest BCUT2D eigenvalue weighted by atomic mass is 35.5. The van der Waals surface area contributed by atoms with Gasteiger partial charge in [-0.1, -0.05) is 41.4 Å². The van der Waals surface area contributed by atoms with Gasteiger partial charge in [-0.2, -0.15) is 0 Å². The third-order valence-electron chi connectivity index (χ3n) is 2.83. The van der Waals surface area contributed by atoms with Gasteiger partial charge in [0.1, 0.15) is 5.75 Å². The van der Waals surface area contributed by atoms with Gasteiger partial charge in [0.15, 0.2) is 0 Å². The average molecular weight is 327 g/mol. The number of hydrogen-bond acceptors (Lipinski definition) is 4. The van der Waals surface area contributed by atoms with Gasteiger partial charge in [-0.15, -0.1) is 0 Å². The molecule has 0 amide bonds. The average Bonchev–Trinajstić information content (AvgIpc) is 2.42. The molecule has 0 spiro atoms. The molecule has 0 saturated heterocycles. The van der Waals surface area contributed by atoms with Gasteiger partial charge < -0.3 is 10.5 Å². The zero-order valence-corrected chi connectivity index (χ0v) is 12.6. The van der Waals surface area contributed by atoms with Crippen molar-refractivity contribution >= 4 is 28.9 Å². The lowest BCUT2D eigenvalue weighted by atomic mass is 10.1. The Bertz CT molecular complexity index is 690. The van der Waals surface area contributed by atoms with Crippen molar-refractivity contribution in [2.24, 2.45) is 5.73 Å². The van der Waals surface area contributed by atoms with E-state index in [1.807, 2.05) is 6.07 Å². The van der Waals surface area contributed by atoms with Crippen molar-refractivity contribution in [3.8, 4) is 11.5 Å². The maximum atomic E-state index is 11.1. The summed E-state index contributed by atoms with van der Waals surface area (Å²) in [5.41, 5.74) is 6.33. The third kappa shape index (κ3) is 3.44. The topological polar surface area (TPSA) is 78.4 Å². The van der Waals surface area contributed by atoms with E-state index in [1.54, 1.807) is 25.1 Å². The summed E-state index contributed by atoms with van der Waals surface area (Å²) >= 11 is 11.7. The Morgan fingerprint density at radius 2 is 1.81 bits per heavy atom. The number of hydrogen-bond donors (Lipinski definition) is 1.